The minimum Gasteiger partial charge on any atom is -0.320 e. The molecule has 2 aromatic carbocycles. The highest BCUT2D eigenvalue weighted by molar-refractivity contribution is 8.17. The van der Waals surface area contributed by atoms with Crippen LogP contribution in [0.3, 0.4) is 0 Å². The topological polar surface area (TPSA) is 96.3 Å². The second-order valence-electron chi connectivity index (χ2n) is 10.4. The molecular formula is C30H31F2N5O2S2. The van der Waals surface area contributed by atoms with Crippen LogP contribution in [0.15, 0.2) is 64.6 Å². The molecule has 3 aromatic rings. The van der Waals surface area contributed by atoms with Gasteiger partial charge in [-0.3, -0.25) is 14.6 Å². The molecule has 2 aliphatic rings. The van der Waals surface area contributed by atoms with Crippen molar-refractivity contribution < 1.29 is 18.4 Å². The van der Waals surface area contributed by atoms with Gasteiger partial charge in [0, 0.05) is 11.8 Å². The fourth-order valence-electron chi connectivity index (χ4n) is 5.06. The highest BCUT2D eigenvalue weighted by Crippen LogP contribution is 2.41. The molecule has 2 N–H and O–H groups in total. The molecule has 0 bridgehead atoms. The summed E-state index contributed by atoms with van der Waals surface area (Å²) in [7, 11) is 0. The number of halogens is 2. The molecule has 5 rings (SSSR count). The molecule has 11 heteroatoms. The summed E-state index contributed by atoms with van der Waals surface area (Å²) in [5.74, 6) is -1.02. The number of nitrogens with one attached hydrogen (secondary N) is 2. The van der Waals surface area contributed by atoms with Gasteiger partial charge in [0.15, 0.2) is 0 Å². The van der Waals surface area contributed by atoms with Crippen molar-refractivity contribution in [2.75, 3.05) is 5.32 Å². The number of anilines is 1. The summed E-state index contributed by atoms with van der Waals surface area (Å²) in [6, 6.07) is 12.6. The largest absolute Gasteiger partial charge is 0.320 e. The molecule has 3 atom stereocenters. The minimum atomic E-state index is -0.412. The maximum Gasteiger partial charge on any atom is 0.230 e. The molecule has 7 nitrogen and oxygen atoms in total. The van der Waals surface area contributed by atoms with Crippen molar-refractivity contribution in [1.29, 1.82) is 0 Å². The Morgan fingerprint density at radius 1 is 0.902 bits per heavy atom. The zero-order chi connectivity index (χ0) is 28.8. The van der Waals surface area contributed by atoms with Gasteiger partial charge in [0.1, 0.15) is 16.6 Å². The number of nitrogens with zero attached hydrogens (tertiary/aromatic N) is 3. The summed E-state index contributed by atoms with van der Waals surface area (Å²) in [5.41, 5.74) is 0.694. The standard InChI is InChI=1S/C30H31F2N5O2S2/c1-18-13-14-27(34-25(38)16-19-7-2-4-11-23(19)31)40-28(33-18)21-9-6-10-22(15-21)29-36-37-30(41-29)35-26(39)17-20-8-3-5-12-24(20)32/h2-5,7-8,11-12,14,18,21-22H,6,9-10,13,15-17H2,1H3,(H,34,38)(H,35,37,39). The SMILES string of the molecule is CC1CC=C(NC(=O)Cc2ccccc2F)SC(C2CCCC(c3nnc(NC(=O)Cc4ccccc4F)s3)C2)=N1. The lowest BCUT2D eigenvalue weighted by molar-refractivity contribution is -0.119. The molecule has 0 saturated heterocycles. The number of hydrogen-bond donors (Lipinski definition) is 2. The van der Waals surface area contributed by atoms with E-state index in [0.717, 1.165) is 40.8 Å². The average Bonchev–Trinajstić information content (AvgIpc) is 3.34. The fraction of sp³-hybridized carbons (Fsp3) is 0.367. The van der Waals surface area contributed by atoms with Gasteiger partial charge in [0.2, 0.25) is 16.9 Å². The van der Waals surface area contributed by atoms with E-state index in [2.05, 4.69) is 27.8 Å². The van der Waals surface area contributed by atoms with Crippen LogP contribution in [0, 0.1) is 17.6 Å². The van der Waals surface area contributed by atoms with Crippen molar-refractivity contribution in [2.24, 2.45) is 10.9 Å². The molecule has 1 saturated carbocycles. The Balaban J connectivity index is 1.19. The fourth-order valence-corrected chi connectivity index (χ4v) is 7.15. The monoisotopic (exact) mass is 595 g/mol. The van der Waals surface area contributed by atoms with Gasteiger partial charge in [-0.05, 0) is 55.9 Å². The van der Waals surface area contributed by atoms with Crippen molar-refractivity contribution in [2.45, 2.75) is 63.8 Å². The van der Waals surface area contributed by atoms with Crippen molar-refractivity contribution in [3.8, 4) is 0 Å². The predicted molar refractivity (Wildman–Crippen MR) is 159 cm³/mol. The first-order valence-electron chi connectivity index (χ1n) is 13.7. The molecule has 0 spiro atoms. The lowest BCUT2D eigenvalue weighted by Crippen LogP contribution is -2.26. The first kappa shape index (κ1) is 29.1. The normalized spacial score (nSPS) is 20.9. The van der Waals surface area contributed by atoms with E-state index in [-0.39, 0.29) is 42.5 Å². The van der Waals surface area contributed by atoms with Crippen LogP contribution in [0.5, 0.6) is 0 Å². The van der Waals surface area contributed by atoms with E-state index in [1.165, 1.54) is 35.2 Å². The van der Waals surface area contributed by atoms with Crippen molar-refractivity contribution in [3.05, 3.63) is 87.4 Å². The van der Waals surface area contributed by atoms with Crippen LogP contribution >= 0.6 is 23.1 Å². The van der Waals surface area contributed by atoms with Gasteiger partial charge < -0.3 is 10.6 Å². The lowest BCUT2D eigenvalue weighted by Gasteiger charge is -2.28. The van der Waals surface area contributed by atoms with E-state index in [9.17, 15) is 18.4 Å². The van der Waals surface area contributed by atoms with Gasteiger partial charge in [-0.1, -0.05) is 72.0 Å². The summed E-state index contributed by atoms with van der Waals surface area (Å²) >= 11 is 2.84. The third-order valence-corrected chi connectivity index (χ3v) is 9.28. The summed E-state index contributed by atoms with van der Waals surface area (Å²) in [6.45, 7) is 2.06. The van der Waals surface area contributed by atoms with Crippen LogP contribution in [0.2, 0.25) is 0 Å². The average molecular weight is 596 g/mol. The Morgan fingerprint density at radius 2 is 1.54 bits per heavy atom. The quantitative estimate of drug-likeness (QED) is 0.314. The molecule has 0 radical (unpaired) electrons. The first-order valence-corrected chi connectivity index (χ1v) is 15.3. The predicted octanol–water partition coefficient (Wildman–Crippen LogP) is 6.40. The van der Waals surface area contributed by atoms with Crippen molar-refractivity contribution in [3.63, 3.8) is 0 Å². The van der Waals surface area contributed by atoms with Crippen molar-refractivity contribution in [1.82, 2.24) is 15.5 Å². The van der Waals surface area contributed by atoms with E-state index >= 15 is 0 Å². The van der Waals surface area contributed by atoms with Crippen LogP contribution in [0.25, 0.3) is 0 Å². The van der Waals surface area contributed by atoms with Gasteiger partial charge in [-0.25, -0.2) is 8.78 Å². The molecule has 1 fully saturated rings. The molecular weight excluding hydrogens is 564 g/mol. The number of hydrogen-bond acceptors (Lipinski definition) is 7. The van der Waals surface area contributed by atoms with E-state index in [1.807, 2.05) is 6.08 Å². The first-order chi connectivity index (χ1) is 19.8. The number of benzene rings is 2. The van der Waals surface area contributed by atoms with Crippen LogP contribution in [-0.2, 0) is 22.4 Å². The Bertz CT molecular complexity index is 1470. The number of carbonyl (C=O) groups is 2. The summed E-state index contributed by atoms with van der Waals surface area (Å²) < 4.78 is 27.9. The minimum absolute atomic E-state index is 0.0334. The second kappa shape index (κ2) is 13.5. The molecule has 2 amide bonds. The Labute approximate surface area is 246 Å². The highest BCUT2D eigenvalue weighted by Gasteiger charge is 2.31. The van der Waals surface area contributed by atoms with Crippen LogP contribution in [0.1, 0.15) is 61.1 Å². The Morgan fingerprint density at radius 3 is 2.22 bits per heavy atom. The maximum absolute atomic E-state index is 14.0. The van der Waals surface area contributed by atoms with E-state index in [0.29, 0.717) is 22.7 Å². The molecule has 1 aromatic heterocycles. The second-order valence-corrected chi connectivity index (χ2v) is 12.4. The number of rotatable bonds is 8. The summed E-state index contributed by atoms with van der Waals surface area (Å²) in [4.78, 5) is 30.1. The summed E-state index contributed by atoms with van der Waals surface area (Å²) in [5, 5.41) is 17.2. The van der Waals surface area contributed by atoms with Gasteiger partial charge in [-0.2, -0.15) is 0 Å². The van der Waals surface area contributed by atoms with E-state index in [4.69, 9.17) is 4.99 Å². The smallest absolute Gasteiger partial charge is 0.230 e. The third kappa shape index (κ3) is 7.85. The third-order valence-electron chi connectivity index (χ3n) is 7.15. The summed E-state index contributed by atoms with van der Waals surface area (Å²) in [6.07, 6.45) is 6.37. The van der Waals surface area contributed by atoms with Crippen molar-refractivity contribution >= 4 is 45.1 Å². The van der Waals surface area contributed by atoms with Gasteiger partial charge in [0.05, 0.1) is 29.0 Å². The van der Waals surface area contributed by atoms with Gasteiger partial charge in [-0.15, -0.1) is 10.2 Å². The van der Waals surface area contributed by atoms with E-state index < -0.39 is 11.6 Å². The number of carbonyl (C=O) groups excluding carboxylic acids is 2. The zero-order valence-electron chi connectivity index (χ0n) is 22.6. The zero-order valence-corrected chi connectivity index (χ0v) is 24.2. The number of aliphatic imine (C=N–C) groups is 1. The number of thioether (sulfide) groups is 1. The van der Waals surface area contributed by atoms with Crippen LogP contribution in [-0.4, -0.2) is 33.1 Å². The van der Waals surface area contributed by atoms with Crippen LogP contribution in [0.4, 0.5) is 13.9 Å². The highest BCUT2D eigenvalue weighted by atomic mass is 32.2. The number of aromatic nitrogens is 2. The Kier molecular flexibility index (Phi) is 9.56. The van der Waals surface area contributed by atoms with Crippen LogP contribution < -0.4 is 10.6 Å². The van der Waals surface area contributed by atoms with E-state index in [1.54, 1.807) is 36.4 Å². The molecule has 3 unspecified atom stereocenters. The molecule has 214 valence electrons. The van der Waals surface area contributed by atoms with Gasteiger partial charge in [0.25, 0.3) is 0 Å². The molecule has 41 heavy (non-hydrogen) atoms. The number of amides is 2. The molecule has 1 aliphatic carbocycles. The Hall–Kier alpha value is -3.44. The molecule has 1 aliphatic heterocycles. The molecule has 2 heterocycles. The maximum atomic E-state index is 14.0. The van der Waals surface area contributed by atoms with Gasteiger partial charge >= 0.3 is 0 Å². The lowest BCUT2D eigenvalue weighted by atomic mass is 9.82.